The van der Waals surface area contributed by atoms with Crippen molar-refractivity contribution in [3.63, 3.8) is 0 Å². The predicted molar refractivity (Wildman–Crippen MR) is 65.5 cm³/mol. The van der Waals surface area contributed by atoms with Crippen LogP contribution in [0.1, 0.15) is 20.3 Å². The highest BCUT2D eigenvalue weighted by atomic mass is 16.5. The Hall–Kier alpha value is -1.50. The molecule has 0 spiro atoms. The van der Waals surface area contributed by atoms with Gasteiger partial charge in [-0.25, -0.2) is 0 Å². The maximum Gasteiger partial charge on any atom is 0.115 e. The van der Waals surface area contributed by atoms with Crippen molar-refractivity contribution in [1.82, 2.24) is 0 Å². The number of ether oxygens (including phenoxy) is 1. The van der Waals surface area contributed by atoms with Crippen molar-refractivity contribution in [2.24, 2.45) is 0 Å². The first kappa shape index (κ1) is 11.6. The molecule has 0 aliphatic heterocycles. The van der Waals surface area contributed by atoms with Crippen LogP contribution in [0.5, 0.6) is 0 Å². The number of hydrogen-bond acceptors (Lipinski definition) is 1. The molecule has 0 atom stereocenters. The van der Waals surface area contributed by atoms with Gasteiger partial charge in [0, 0.05) is 0 Å². The molecule has 0 unspecified atom stereocenters. The van der Waals surface area contributed by atoms with Gasteiger partial charge in [-0.2, -0.15) is 0 Å². The van der Waals surface area contributed by atoms with E-state index in [1.54, 1.807) is 6.08 Å². The average molecular weight is 202 g/mol. The average Bonchev–Trinajstić information content (AvgIpc) is 2.22. The summed E-state index contributed by atoms with van der Waals surface area (Å²) in [5, 5.41) is 0. The van der Waals surface area contributed by atoms with E-state index < -0.39 is 0 Å². The molecule has 0 N–H and O–H groups in total. The van der Waals surface area contributed by atoms with Gasteiger partial charge in [0.05, 0.1) is 6.61 Å². The van der Waals surface area contributed by atoms with E-state index in [9.17, 15) is 0 Å². The van der Waals surface area contributed by atoms with Gasteiger partial charge in [0.1, 0.15) is 5.76 Å². The normalized spacial score (nSPS) is 18.9. The molecule has 1 rings (SSSR count). The minimum absolute atomic E-state index is 0.727. The third kappa shape index (κ3) is 4.03. The molecule has 0 saturated heterocycles. The molecule has 1 heteroatoms. The summed E-state index contributed by atoms with van der Waals surface area (Å²) in [6.07, 6.45) is 13.1. The lowest BCUT2D eigenvalue weighted by molar-refractivity contribution is 0.241. The van der Waals surface area contributed by atoms with Crippen LogP contribution in [-0.2, 0) is 4.74 Å². The molecule has 1 nitrogen and oxygen atoms in total. The molecule has 0 heterocycles. The van der Waals surface area contributed by atoms with E-state index in [4.69, 9.17) is 4.74 Å². The lowest BCUT2D eigenvalue weighted by Gasteiger charge is -2.09. The highest BCUT2D eigenvalue weighted by molar-refractivity contribution is 5.37. The van der Waals surface area contributed by atoms with Crippen molar-refractivity contribution in [2.75, 3.05) is 6.61 Å². The largest absolute Gasteiger partial charge is 0.494 e. The quantitative estimate of drug-likeness (QED) is 0.628. The SMILES string of the molecule is C=C/C=C(C)\C=C1\C=CC(OCC)=CC1. The van der Waals surface area contributed by atoms with Crippen LogP contribution in [0.15, 0.2) is 59.9 Å². The lowest BCUT2D eigenvalue weighted by atomic mass is 10.0. The minimum Gasteiger partial charge on any atom is -0.494 e. The van der Waals surface area contributed by atoms with Gasteiger partial charge in [0.2, 0.25) is 0 Å². The second-order valence-electron chi connectivity index (χ2n) is 3.44. The van der Waals surface area contributed by atoms with Gasteiger partial charge in [-0.15, -0.1) is 0 Å². The maximum atomic E-state index is 5.40. The summed E-state index contributed by atoms with van der Waals surface area (Å²) in [6.45, 7) is 8.47. The Morgan fingerprint density at radius 1 is 1.53 bits per heavy atom. The van der Waals surface area contributed by atoms with E-state index in [0.29, 0.717) is 0 Å². The zero-order chi connectivity index (χ0) is 11.1. The van der Waals surface area contributed by atoms with Gasteiger partial charge in [-0.1, -0.05) is 36.5 Å². The van der Waals surface area contributed by atoms with E-state index in [2.05, 4.69) is 31.7 Å². The fraction of sp³-hybridized carbons (Fsp3) is 0.286. The zero-order valence-corrected chi connectivity index (χ0v) is 9.49. The van der Waals surface area contributed by atoms with Crippen LogP contribution in [0.2, 0.25) is 0 Å². The molecular formula is C14H18O. The topological polar surface area (TPSA) is 9.23 Å². The second-order valence-corrected chi connectivity index (χ2v) is 3.44. The lowest BCUT2D eigenvalue weighted by Crippen LogP contribution is -1.93. The highest BCUT2D eigenvalue weighted by Gasteiger charge is 2.00. The summed E-state index contributed by atoms with van der Waals surface area (Å²) in [5.74, 6) is 0.972. The number of rotatable bonds is 4. The Balaban J connectivity index is 2.62. The van der Waals surface area contributed by atoms with E-state index in [-0.39, 0.29) is 0 Å². The van der Waals surface area contributed by atoms with Gasteiger partial charge in [0.25, 0.3) is 0 Å². The van der Waals surface area contributed by atoms with Crippen molar-refractivity contribution in [1.29, 1.82) is 0 Å². The summed E-state index contributed by atoms with van der Waals surface area (Å²) in [4.78, 5) is 0. The third-order valence-corrected chi connectivity index (χ3v) is 2.11. The molecule has 0 aromatic heterocycles. The highest BCUT2D eigenvalue weighted by Crippen LogP contribution is 2.17. The minimum atomic E-state index is 0.727. The molecule has 0 saturated carbocycles. The first-order chi connectivity index (χ1) is 7.26. The molecule has 0 bridgehead atoms. The van der Waals surface area contributed by atoms with Gasteiger partial charge >= 0.3 is 0 Å². The maximum absolute atomic E-state index is 5.40. The first-order valence-electron chi connectivity index (χ1n) is 5.27. The molecule has 0 aromatic rings. The van der Waals surface area contributed by atoms with Crippen LogP contribution in [0.25, 0.3) is 0 Å². The van der Waals surface area contributed by atoms with Crippen LogP contribution in [0.3, 0.4) is 0 Å². The van der Waals surface area contributed by atoms with Crippen LogP contribution >= 0.6 is 0 Å². The summed E-state index contributed by atoms with van der Waals surface area (Å²) in [6, 6.07) is 0. The molecule has 0 fully saturated rings. The van der Waals surface area contributed by atoms with E-state index in [1.807, 2.05) is 19.1 Å². The molecule has 0 radical (unpaired) electrons. The summed E-state index contributed by atoms with van der Waals surface area (Å²) >= 11 is 0. The van der Waals surface area contributed by atoms with E-state index in [1.165, 1.54) is 11.1 Å². The Labute approximate surface area is 92.1 Å². The van der Waals surface area contributed by atoms with Crippen molar-refractivity contribution >= 4 is 0 Å². The van der Waals surface area contributed by atoms with Crippen LogP contribution in [0.4, 0.5) is 0 Å². The number of allylic oxidation sites excluding steroid dienone is 8. The molecule has 15 heavy (non-hydrogen) atoms. The molecule has 80 valence electrons. The molecule has 1 aliphatic rings. The summed E-state index contributed by atoms with van der Waals surface area (Å²) in [7, 11) is 0. The Morgan fingerprint density at radius 2 is 2.33 bits per heavy atom. The van der Waals surface area contributed by atoms with Gasteiger partial charge in [0.15, 0.2) is 0 Å². The van der Waals surface area contributed by atoms with Crippen molar-refractivity contribution in [3.8, 4) is 0 Å². The van der Waals surface area contributed by atoms with Crippen LogP contribution in [0, 0.1) is 0 Å². The standard InChI is InChI=1S/C14H18O/c1-4-6-12(3)11-13-7-9-14(10-8-13)15-5-2/h4,6-7,9-11H,1,5,8H2,2-3H3/b12-6-,13-11-. The smallest absolute Gasteiger partial charge is 0.115 e. The van der Waals surface area contributed by atoms with E-state index >= 15 is 0 Å². The Bertz CT molecular complexity index is 340. The first-order valence-corrected chi connectivity index (χ1v) is 5.27. The summed E-state index contributed by atoms with van der Waals surface area (Å²) in [5.41, 5.74) is 2.52. The van der Waals surface area contributed by atoms with Crippen molar-refractivity contribution in [2.45, 2.75) is 20.3 Å². The van der Waals surface area contributed by atoms with Crippen molar-refractivity contribution in [3.05, 3.63) is 59.9 Å². The van der Waals surface area contributed by atoms with Crippen LogP contribution in [-0.4, -0.2) is 6.61 Å². The monoisotopic (exact) mass is 202 g/mol. The predicted octanol–water partition coefficient (Wildman–Crippen LogP) is 3.93. The molecular weight excluding hydrogens is 184 g/mol. The summed E-state index contributed by atoms with van der Waals surface area (Å²) < 4.78 is 5.40. The van der Waals surface area contributed by atoms with Gasteiger partial charge in [-0.3, -0.25) is 0 Å². The second kappa shape index (κ2) is 6.07. The van der Waals surface area contributed by atoms with Crippen LogP contribution < -0.4 is 0 Å². The van der Waals surface area contributed by atoms with Gasteiger partial charge < -0.3 is 4.74 Å². The van der Waals surface area contributed by atoms with E-state index in [0.717, 1.165) is 18.8 Å². The Kier molecular flexibility index (Phi) is 4.69. The fourth-order valence-corrected chi connectivity index (χ4v) is 1.45. The van der Waals surface area contributed by atoms with Gasteiger partial charge in [-0.05, 0) is 38.0 Å². The Morgan fingerprint density at radius 3 is 2.87 bits per heavy atom. The molecule has 0 aromatic carbocycles. The fourth-order valence-electron chi connectivity index (χ4n) is 1.45. The third-order valence-electron chi connectivity index (χ3n) is 2.11. The zero-order valence-electron chi connectivity index (χ0n) is 9.49. The molecule has 1 aliphatic carbocycles. The number of hydrogen-bond donors (Lipinski definition) is 0. The van der Waals surface area contributed by atoms with Crippen molar-refractivity contribution < 1.29 is 4.74 Å². The molecule has 0 amide bonds.